The van der Waals surface area contributed by atoms with E-state index >= 15 is 0 Å². The summed E-state index contributed by atoms with van der Waals surface area (Å²) in [6.07, 6.45) is 1.57. The summed E-state index contributed by atoms with van der Waals surface area (Å²) >= 11 is 7.41. The second-order valence-corrected chi connectivity index (χ2v) is 6.13. The van der Waals surface area contributed by atoms with E-state index in [1.807, 2.05) is 0 Å². The predicted molar refractivity (Wildman–Crippen MR) is 92.1 cm³/mol. The standard InChI is InChI=1S/C15H13ClFN5O2S/c1-23-8-2-3-10(16)9(4-8)11-6-19-13(24-11)7-25-15-21-12(5-17)20-14(18)22-15/h2-4,6H,5,7H2,1H3,(H2,18,20,21,22). The van der Waals surface area contributed by atoms with Crippen LogP contribution in [0.2, 0.25) is 5.02 Å². The lowest BCUT2D eigenvalue weighted by Crippen LogP contribution is -2.03. The molecule has 0 fully saturated rings. The molecule has 2 heterocycles. The van der Waals surface area contributed by atoms with Crippen LogP contribution in [0.1, 0.15) is 11.7 Å². The van der Waals surface area contributed by atoms with Gasteiger partial charge in [-0.15, -0.1) is 0 Å². The van der Waals surface area contributed by atoms with Crippen molar-refractivity contribution in [1.29, 1.82) is 0 Å². The van der Waals surface area contributed by atoms with Gasteiger partial charge in [0.1, 0.15) is 12.4 Å². The van der Waals surface area contributed by atoms with Crippen LogP contribution in [0.5, 0.6) is 5.75 Å². The number of hydrogen-bond donors (Lipinski definition) is 1. The third-order valence-electron chi connectivity index (χ3n) is 3.12. The Kier molecular flexibility index (Phi) is 5.34. The van der Waals surface area contributed by atoms with Gasteiger partial charge in [-0.25, -0.2) is 14.4 Å². The number of methoxy groups -OCH3 is 1. The van der Waals surface area contributed by atoms with Gasteiger partial charge >= 0.3 is 0 Å². The second-order valence-electron chi connectivity index (χ2n) is 4.78. The Hall–Kier alpha value is -2.39. The number of ether oxygens (including phenoxy) is 1. The van der Waals surface area contributed by atoms with E-state index in [0.29, 0.717) is 38.9 Å². The molecular weight excluding hydrogens is 369 g/mol. The molecule has 2 N–H and O–H groups in total. The molecule has 25 heavy (non-hydrogen) atoms. The summed E-state index contributed by atoms with van der Waals surface area (Å²) in [6.45, 7) is -0.808. The second kappa shape index (κ2) is 7.66. The number of benzene rings is 1. The number of halogens is 2. The van der Waals surface area contributed by atoms with Gasteiger partial charge in [0.25, 0.3) is 0 Å². The first-order chi connectivity index (χ1) is 12.1. The van der Waals surface area contributed by atoms with Gasteiger partial charge in [-0.1, -0.05) is 23.4 Å². The first-order valence-electron chi connectivity index (χ1n) is 7.07. The van der Waals surface area contributed by atoms with E-state index < -0.39 is 6.67 Å². The molecule has 3 rings (SSSR count). The number of thioether (sulfide) groups is 1. The van der Waals surface area contributed by atoms with Crippen LogP contribution in [0.15, 0.2) is 34.0 Å². The van der Waals surface area contributed by atoms with Crippen LogP contribution in [-0.2, 0) is 12.4 Å². The lowest BCUT2D eigenvalue weighted by Gasteiger charge is -2.04. The molecule has 0 unspecified atom stereocenters. The summed E-state index contributed by atoms with van der Waals surface area (Å²) in [4.78, 5) is 15.8. The highest BCUT2D eigenvalue weighted by molar-refractivity contribution is 7.98. The molecule has 0 amide bonds. The molecule has 0 atom stereocenters. The van der Waals surface area contributed by atoms with Gasteiger partial charge in [0.2, 0.25) is 11.8 Å². The molecule has 0 saturated carbocycles. The molecule has 0 aliphatic rings. The van der Waals surface area contributed by atoms with Gasteiger partial charge in [-0.3, -0.25) is 0 Å². The number of nitrogens with two attached hydrogens (primary N) is 1. The fraction of sp³-hybridized carbons (Fsp3) is 0.200. The van der Waals surface area contributed by atoms with Crippen LogP contribution in [0.4, 0.5) is 10.3 Å². The number of aromatic nitrogens is 4. The first kappa shape index (κ1) is 17.4. The molecule has 0 spiro atoms. The summed E-state index contributed by atoms with van der Waals surface area (Å²) in [5.41, 5.74) is 6.20. The number of alkyl halides is 1. The van der Waals surface area contributed by atoms with E-state index in [2.05, 4.69) is 19.9 Å². The zero-order chi connectivity index (χ0) is 17.8. The maximum Gasteiger partial charge on any atom is 0.224 e. The van der Waals surface area contributed by atoms with E-state index in [1.165, 1.54) is 11.8 Å². The van der Waals surface area contributed by atoms with Gasteiger partial charge in [0.15, 0.2) is 16.7 Å². The van der Waals surface area contributed by atoms with Crippen molar-refractivity contribution in [3.05, 3.63) is 41.1 Å². The zero-order valence-corrected chi connectivity index (χ0v) is 14.6. The van der Waals surface area contributed by atoms with Crippen molar-refractivity contribution < 1.29 is 13.5 Å². The molecule has 1 aromatic carbocycles. The highest BCUT2D eigenvalue weighted by Crippen LogP contribution is 2.32. The highest BCUT2D eigenvalue weighted by atomic mass is 35.5. The van der Waals surface area contributed by atoms with Crippen molar-refractivity contribution >= 4 is 29.3 Å². The van der Waals surface area contributed by atoms with Crippen molar-refractivity contribution in [3.63, 3.8) is 0 Å². The summed E-state index contributed by atoms with van der Waals surface area (Å²) in [6, 6.07) is 5.24. The van der Waals surface area contributed by atoms with E-state index in [9.17, 15) is 4.39 Å². The van der Waals surface area contributed by atoms with Crippen LogP contribution in [-0.4, -0.2) is 27.0 Å². The van der Waals surface area contributed by atoms with Crippen LogP contribution in [0, 0.1) is 0 Å². The van der Waals surface area contributed by atoms with E-state index in [4.69, 9.17) is 26.5 Å². The van der Waals surface area contributed by atoms with Crippen LogP contribution < -0.4 is 10.5 Å². The molecular formula is C15H13ClFN5O2S. The van der Waals surface area contributed by atoms with Gasteiger partial charge in [-0.2, -0.15) is 9.97 Å². The maximum atomic E-state index is 12.7. The number of nitrogens with zero attached hydrogens (tertiary/aromatic N) is 4. The molecule has 2 aromatic heterocycles. The minimum absolute atomic E-state index is 0.00810. The first-order valence-corrected chi connectivity index (χ1v) is 8.43. The Morgan fingerprint density at radius 2 is 2.16 bits per heavy atom. The zero-order valence-electron chi connectivity index (χ0n) is 13.1. The van der Waals surface area contributed by atoms with Crippen molar-refractivity contribution in [2.75, 3.05) is 12.8 Å². The largest absolute Gasteiger partial charge is 0.497 e. The van der Waals surface area contributed by atoms with Crippen LogP contribution in [0.25, 0.3) is 11.3 Å². The van der Waals surface area contributed by atoms with Crippen LogP contribution in [0.3, 0.4) is 0 Å². The third kappa shape index (κ3) is 4.18. The Morgan fingerprint density at radius 1 is 1.32 bits per heavy atom. The minimum Gasteiger partial charge on any atom is -0.497 e. The topological polar surface area (TPSA) is 100.0 Å². The molecule has 0 radical (unpaired) electrons. The van der Waals surface area contributed by atoms with Crippen molar-refractivity contribution in [3.8, 4) is 17.1 Å². The lowest BCUT2D eigenvalue weighted by molar-refractivity contribution is 0.414. The SMILES string of the molecule is COc1ccc(Cl)c(-c2cnc(CSc3nc(N)nc(CF)n3)o2)c1. The normalized spacial score (nSPS) is 10.8. The number of oxazole rings is 1. The smallest absolute Gasteiger partial charge is 0.224 e. The molecule has 3 aromatic rings. The Labute approximate surface area is 151 Å². The van der Waals surface area contributed by atoms with Gasteiger partial charge in [-0.05, 0) is 18.2 Å². The highest BCUT2D eigenvalue weighted by Gasteiger charge is 2.13. The van der Waals surface area contributed by atoms with E-state index in [0.717, 1.165) is 0 Å². The Bertz CT molecular complexity index is 892. The summed E-state index contributed by atoms with van der Waals surface area (Å²) in [5.74, 6) is 1.93. The molecule has 7 nitrogen and oxygen atoms in total. The van der Waals surface area contributed by atoms with Gasteiger partial charge in [0, 0.05) is 5.56 Å². The minimum atomic E-state index is -0.808. The molecule has 0 aliphatic carbocycles. The summed E-state index contributed by atoms with van der Waals surface area (Å²) in [7, 11) is 1.57. The third-order valence-corrected chi connectivity index (χ3v) is 4.28. The van der Waals surface area contributed by atoms with Gasteiger partial charge < -0.3 is 14.9 Å². The Morgan fingerprint density at radius 3 is 2.92 bits per heavy atom. The monoisotopic (exact) mass is 381 g/mol. The fourth-order valence-electron chi connectivity index (χ4n) is 1.99. The van der Waals surface area contributed by atoms with E-state index in [1.54, 1.807) is 31.5 Å². The average Bonchev–Trinajstić information content (AvgIpc) is 3.08. The molecule has 10 heteroatoms. The summed E-state index contributed by atoms with van der Waals surface area (Å²) < 4.78 is 23.6. The summed E-state index contributed by atoms with van der Waals surface area (Å²) in [5, 5.41) is 0.827. The number of anilines is 1. The molecule has 0 bridgehead atoms. The lowest BCUT2D eigenvalue weighted by atomic mass is 10.2. The predicted octanol–water partition coefficient (Wildman–Crippen LogP) is 3.53. The average molecular weight is 382 g/mol. The van der Waals surface area contributed by atoms with Crippen LogP contribution >= 0.6 is 23.4 Å². The maximum absolute atomic E-state index is 12.7. The molecule has 0 aliphatic heterocycles. The van der Waals surface area contributed by atoms with Crippen molar-refractivity contribution in [2.45, 2.75) is 17.6 Å². The van der Waals surface area contributed by atoms with E-state index in [-0.39, 0.29) is 11.8 Å². The molecule has 0 saturated heterocycles. The van der Waals surface area contributed by atoms with Gasteiger partial charge in [0.05, 0.1) is 24.1 Å². The number of rotatable bonds is 6. The number of nitrogen functional groups attached to an aromatic ring is 1. The van der Waals surface area contributed by atoms with Crippen molar-refractivity contribution in [1.82, 2.24) is 19.9 Å². The number of hydrogen-bond acceptors (Lipinski definition) is 8. The van der Waals surface area contributed by atoms with Crippen molar-refractivity contribution in [2.24, 2.45) is 0 Å². The fourth-order valence-corrected chi connectivity index (χ4v) is 2.91. The molecule has 130 valence electrons. The quantitative estimate of drug-likeness (QED) is 0.647. The Balaban J connectivity index is 1.75.